The molecule has 0 radical (unpaired) electrons. The number of carbonyl (C=O) groups excluding carboxylic acids is 2. The zero-order chi connectivity index (χ0) is 23.3. The van der Waals surface area contributed by atoms with E-state index in [1.165, 1.54) is 9.80 Å². The van der Waals surface area contributed by atoms with Crippen molar-refractivity contribution in [1.82, 2.24) is 4.90 Å². The SMILES string of the molecule is CC[NH+](CC)CCN1C(=O)C(=O)/C(=C(/[O-])c2ccc(OC)cc2)C1c1cccc(OC)c1. The third kappa shape index (κ3) is 4.62. The molecule has 1 atom stereocenters. The molecule has 1 aliphatic rings. The van der Waals surface area contributed by atoms with Crippen LogP contribution in [-0.2, 0) is 9.59 Å². The van der Waals surface area contributed by atoms with Gasteiger partial charge in [0.15, 0.2) is 0 Å². The topological polar surface area (TPSA) is 83.3 Å². The normalized spacial score (nSPS) is 17.8. The summed E-state index contributed by atoms with van der Waals surface area (Å²) in [5.41, 5.74) is 0.990. The van der Waals surface area contributed by atoms with E-state index in [4.69, 9.17) is 9.47 Å². The number of ketones is 1. The van der Waals surface area contributed by atoms with Crippen LogP contribution in [-0.4, -0.2) is 57.0 Å². The number of carbonyl (C=O) groups is 2. The molecule has 7 nitrogen and oxygen atoms in total. The molecule has 0 aromatic heterocycles. The van der Waals surface area contributed by atoms with Crippen molar-refractivity contribution in [3.8, 4) is 11.5 Å². The number of hydrogen-bond acceptors (Lipinski definition) is 5. The Bertz CT molecular complexity index is 996. The van der Waals surface area contributed by atoms with Crippen molar-refractivity contribution < 1.29 is 29.1 Å². The maximum atomic E-state index is 13.4. The first-order chi connectivity index (χ1) is 15.4. The van der Waals surface area contributed by atoms with Crippen LogP contribution in [0, 0.1) is 0 Å². The van der Waals surface area contributed by atoms with Crippen molar-refractivity contribution in [1.29, 1.82) is 0 Å². The van der Waals surface area contributed by atoms with Gasteiger partial charge in [-0.25, -0.2) is 0 Å². The predicted octanol–water partition coefficient (Wildman–Crippen LogP) is 0.853. The lowest BCUT2D eigenvalue weighted by Crippen LogP contribution is -3.12. The van der Waals surface area contributed by atoms with Gasteiger partial charge in [-0.2, -0.15) is 0 Å². The molecule has 0 spiro atoms. The number of nitrogens with one attached hydrogen (secondary N) is 1. The predicted molar refractivity (Wildman–Crippen MR) is 119 cm³/mol. The molecule has 1 aliphatic heterocycles. The third-order valence-corrected chi connectivity index (χ3v) is 6.00. The summed E-state index contributed by atoms with van der Waals surface area (Å²) < 4.78 is 10.5. The molecule has 170 valence electrons. The minimum Gasteiger partial charge on any atom is -0.872 e. The number of methoxy groups -OCH3 is 2. The van der Waals surface area contributed by atoms with Gasteiger partial charge in [0, 0.05) is 5.57 Å². The molecule has 1 heterocycles. The number of nitrogens with zero attached hydrogens (tertiary/aromatic N) is 1. The van der Waals surface area contributed by atoms with Gasteiger partial charge in [0.25, 0.3) is 5.91 Å². The van der Waals surface area contributed by atoms with Crippen LogP contribution in [0.3, 0.4) is 0 Å². The van der Waals surface area contributed by atoms with E-state index in [1.807, 2.05) is 6.07 Å². The lowest BCUT2D eigenvalue weighted by Gasteiger charge is -2.28. The summed E-state index contributed by atoms with van der Waals surface area (Å²) in [7, 11) is 3.10. The van der Waals surface area contributed by atoms with E-state index in [9.17, 15) is 14.7 Å². The highest BCUT2D eigenvalue weighted by atomic mass is 16.5. The van der Waals surface area contributed by atoms with E-state index in [1.54, 1.807) is 56.7 Å². The molecule has 0 aliphatic carbocycles. The second-order valence-corrected chi connectivity index (χ2v) is 7.69. The molecular weight excluding hydrogens is 408 g/mol. The minimum absolute atomic E-state index is 0.0250. The quantitative estimate of drug-likeness (QED) is 0.357. The van der Waals surface area contributed by atoms with Gasteiger partial charge >= 0.3 is 0 Å². The molecule has 0 bridgehead atoms. The van der Waals surface area contributed by atoms with E-state index in [2.05, 4.69) is 13.8 Å². The number of likely N-dealkylation sites (N-methyl/N-ethyl adjacent to an activating group) is 1. The van der Waals surface area contributed by atoms with Gasteiger partial charge in [-0.15, -0.1) is 0 Å². The summed E-state index contributed by atoms with van der Waals surface area (Å²) in [6.45, 7) is 7.06. The maximum absolute atomic E-state index is 13.4. The summed E-state index contributed by atoms with van der Waals surface area (Å²) in [5, 5.41) is 13.4. The number of rotatable bonds is 9. The number of Topliss-reactive ketones (excluding diaryl/α,β-unsaturated/α-hetero) is 1. The highest BCUT2D eigenvalue weighted by Gasteiger charge is 2.44. The smallest absolute Gasteiger partial charge is 0.295 e. The zero-order valence-electron chi connectivity index (χ0n) is 19.0. The average molecular weight is 439 g/mol. The third-order valence-electron chi connectivity index (χ3n) is 6.00. The van der Waals surface area contributed by atoms with Crippen LogP contribution in [0.25, 0.3) is 5.76 Å². The van der Waals surface area contributed by atoms with Gasteiger partial charge < -0.3 is 24.4 Å². The van der Waals surface area contributed by atoms with Crippen LogP contribution in [0.15, 0.2) is 54.1 Å². The Kier molecular flexibility index (Phi) is 7.53. The Balaban J connectivity index is 2.10. The second kappa shape index (κ2) is 10.3. The van der Waals surface area contributed by atoms with Crippen molar-refractivity contribution in [3.63, 3.8) is 0 Å². The van der Waals surface area contributed by atoms with E-state index in [0.29, 0.717) is 35.7 Å². The van der Waals surface area contributed by atoms with Gasteiger partial charge in [0.2, 0.25) is 5.78 Å². The van der Waals surface area contributed by atoms with E-state index >= 15 is 0 Å². The first-order valence-electron chi connectivity index (χ1n) is 10.8. The first-order valence-corrected chi connectivity index (χ1v) is 10.8. The van der Waals surface area contributed by atoms with Crippen LogP contribution in [0.1, 0.15) is 31.0 Å². The number of quaternary nitrogens is 1. The highest BCUT2D eigenvalue weighted by Crippen LogP contribution is 2.39. The summed E-state index contributed by atoms with van der Waals surface area (Å²) in [5.74, 6) is -0.626. The van der Waals surface area contributed by atoms with Crippen molar-refractivity contribution in [2.75, 3.05) is 40.4 Å². The molecule has 3 rings (SSSR count). The standard InChI is InChI=1S/C25H30N2O5/c1-5-26(6-2)14-15-27-22(18-8-7-9-20(16-18)32-4)21(24(29)25(27)30)23(28)17-10-12-19(31-3)13-11-17/h7-13,16,22,28H,5-6,14-15H2,1-4H3/b23-21+. The molecule has 32 heavy (non-hydrogen) atoms. The number of ether oxygens (including phenoxy) is 2. The molecule has 0 saturated carbocycles. The minimum atomic E-state index is -0.755. The van der Waals surface area contributed by atoms with Crippen LogP contribution >= 0.6 is 0 Å². The molecule has 1 fully saturated rings. The first kappa shape index (κ1) is 23.3. The van der Waals surface area contributed by atoms with Gasteiger partial charge in [-0.1, -0.05) is 30.0 Å². The van der Waals surface area contributed by atoms with E-state index in [0.717, 1.165) is 13.1 Å². The zero-order valence-corrected chi connectivity index (χ0v) is 19.0. The fourth-order valence-corrected chi connectivity index (χ4v) is 4.04. The summed E-state index contributed by atoms with van der Waals surface area (Å²) in [6, 6.07) is 13.0. The average Bonchev–Trinajstić information content (AvgIpc) is 3.09. The van der Waals surface area contributed by atoms with Crippen LogP contribution in [0.4, 0.5) is 0 Å². The molecule has 2 aromatic rings. The number of benzene rings is 2. The Morgan fingerprint density at radius 3 is 2.25 bits per heavy atom. The van der Waals surface area contributed by atoms with Crippen molar-refractivity contribution in [3.05, 3.63) is 65.2 Å². The van der Waals surface area contributed by atoms with Gasteiger partial charge in [-0.05, 0) is 49.2 Å². The Hall–Kier alpha value is -3.32. The van der Waals surface area contributed by atoms with Gasteiger partial charge in [-0.3, -0.25) is 9.59 Å². The van der Waals surface area contributed by atoms with E-state index in [-0.39, 0.29) is 5.57 Å². The summed E-state index contributed by atoms with van der Waals surface area (Å²) in [6.07, 6.45) is 0. The largest absolute Gasteiger partial charge is 0.872 e. The molecule has 7 heteroatoms. The number of likely N-dealkylation sites (tertiary alicyclic amines) is 1. The van der Waals surface area contributed by atoms with Crippen LogP contribution < -0.4 is 19.5 Å². The second-order valence-electron chi connectivity index (χ2n) is 7.69. The number of amides is 1. The molecule has 1 amide bonds. The van der Waals surface area contributed by atoms with Crippen LogP contribution in [0.2, 0.25) is 0 Å². The highest BCUT2D eigenvalue weighted by molar-refractivity contribution is 6.46. The number of hydrogen-bond donors (Lipinski definition) is 1. The monoisotopic (exact) mass is 438 g/mol. The van der Waals surface area contributed by atoms with Crippen LogP contribution in [0.5, 0.6) is 11.5 Å². The van der Waals surface area contributed by atoms with Gasteiger partial charge in [0.05, 0.1) is 46.4 Å². The lowest BCUT2D eigenvalue weighted by atomic mass is 9.95. The molecular formula is C25H30N2O5. The molecule has 1 unspecified atom stereocenters. The fraction of sp³-hybridized carbons (Fsp3) is 0.360. The molecule has 1 N–H and O–H groups in total. The summed E-state index contributed by atoms with van der Waals surface area (Å²) in [4.78, 5) is 28.9. The lowest BCUT2D eigenvalue weighted by molar-refractivity contribution is -0.895. The Morgan fingerprint density at radius 1 is 1.00 bits per heavy atom. The van der Waals surface area contributed by atoms with Crippen molar-refractivity contribution in [2.24, 2.45) is 0 Å². The molecule has 2 aromatic carbocycles. The maximum Gasteiger partial charge on any atom is 0.295 e. The summed E-state index contributed by atoms with van der Waals surface area (Å²) >= 11 is 0. The van der Waals surface area contributed by atoms with E-state index < -0.39 is 23.5 Å². The van der Waals surface area contributed by atoms with Gasteiger partial charge in [0.1, 0.15) is 11.5 Å². The fourth-order valence-electron chi connectivity index (χ4n) is 4.04. The molecule has 1 saturated heterocycles. The Morgan fingerprint density at radius 2 is 1.66 bits per heavy atom. The van der Waals surface area contributed by atoms with Crippen molar-refractivity contribution >= 4 is 17.4 Å². The van der Waals surface area contributed by atoms with Crippen molar-refractivity contribution in [2.45, 2.75) is 19.9 Å². The Labute approximate surface area is 188 Å².